The summed E-state index contributed by atoms with van der Waals surface area (Å²) in [5.41, 5.74) is 0. The van der Waals surface area contributed by atoms with Crippen LogP contribution in [0.3, 0.4) is 0 Å². The van der Waals surface area contributed by atoms with Crippen molar-refractivity contribution in [2.24, 2.45) is 5.92 Å². The van der Waals surface area contributed by atoms with Gasteiger partial charge in [0.1, 0.15) is 0 Å². The lowest BCUT2D eigenvalue weighted by Crippen LogP contribution is -2.37. The summed E-state index contributed by atoms with van der Waals surface area (Å²) in [6, 6.07) is 0.701. The Kier molecular flexibility index (Phi) is 6.83. The van der Waals surface area contributed by atoms with E-state index in [2.05, 4.69) is 44.8 Å². The summed E-state index contributed by atoms with van der Waals surface area (Å²) in [6.07, 6.45) is 7.04. The molecular weight excluding hydrogens is 214 g/mol. The maximum absolute atomic E-state index is 3.61. The Morgan fingerprint density at radius 1 is 1.31 bits per heavy atom. The van der Waals surface area contributed by atoms with E-state index in [1.165, 1.54) is 32.1 Å². The molecular formula is C14H29NS. The average Bonchev–Trinajstić information content (AvgIpc) is 2.25. The maximum atomic E-state index is 3.61. The zero-order valence-electron chi connectivity index (χ0n) is 11.5. The highest BCUT2D eigenvalue weighted by atomic mass is 32.2. The van der Waals surface area contributed by atoms with Gasteiger partial charge in [-0.3, -0.25) is 0 Å². The van der Waals surface area contributed by atoms with Gasteiger partial charge in [0.2, 0.25) is 0 Å². The normalized spacial score (nSPS) is 30.0. The molecule has 1 aliphatic carbocycles. The van der Waals surface area contributed by atoms with Crippen LogP contribution < -0.4 is 5.32 Å². The number of rotatable bonds is 6. The first-order valence-corrected chi connectivity index (χ1v) is 8.00. The standard InChI is InChI=1S/C14H29NS/c1-5-14(15-6-2)12(4)16-13-9-7-8-11(3)10-13/h11-15H,5-10H2,1-4H3. The summed E-state index contributed by atoms with van der Waals surface area (Å²) >= 11 is 2.23. The van der Waals surface area contributed by atoms with Gasteiger partial charge in [0.05, 0.1) is 0 Å². The van der Waals surface area contributed by atoms with Gasteiger partial charge in [-0.15, -0.1) is 0 Å². The van der Waals surface area contributed by atoms with E-state index in [1.807, 2.05) is 0 Å². The van der Waals surface area contributed by atoms with E-state index in [-0.39, 0.29) is 0 Å². The summed E-state index contributed by atoms with van der Waals surface area (Å²) in [5.74, 6) is 0.956. The predicted octanol–water partition coefficient (Wildman–Crippen LogP) is 4.07. The molecule has 0 radical (unpaired) electrons. The van der Waals surface area contributed by atoms with Gasteiger partial charge in [-0.1, -0.05) is 40.5 Å². The van der Waals surface area contributed by atoms with E-state index in [9.17, 15) is 0 Å². The molecule has 1 saturated carbocycles. The van der Waals surface area contributed by atoms with E-state index in [1.54, 1.807) is 0 Å². The molecule has 4 unspecified atom stereocenters. The van der Waals surface area contributed by atoms with Crippen molar-refractivity contribution >= 4 is 11.8 Å². The Labute approximate surface area is 106 Å². The molecule has 0 amide bonds. The fourth-order valence-electron chi connectivity index (χ4n) is 2.80. The zero-order chi connectivity index (χ0) is 12.0. The molecule has 0 heterocycles. The van der Waals surface area contributed by atoms with Crippen LogP contribution in [0.4, 0.5) is 0 Å². The van der Waals surface area contributed by atoms with Crippen LogP contribution in [0.2, 0.25) is 0 Å². The largest absolute Gasteiger partial charge is 0.313 e. The van der Waals surface area contributed by atoms with Crippen LogP contribution >= 0.6 is 11.8 Å². The van der Waals surface area contributed by atoms with Gasteiger partial charge < -0.3 is 5.32 Å². The molecule has 0 spiro atoms. The fraction of sp³-hybridized carbons (Fsp3) is 1.00. The van der Waals surface area contributed by atoms with E-state index in [4.69, 9.17) is 0 Å². The lowest BCUT2D eigenvalue weighted by atomic mass is 9.91. The number of nitrogens with one attached hydrogen (secondary N) is 1. The van der Waals surface area contributed by atoms with Gasteiger partial charge in [0, 0.05) is 16.5 Å². The predicted molar refractivity (Wildman–Crippen MR) is 76.2 cm³/mol. The van der Waals surface area contributed by atoms with E-state index < -0.39 is 0 Å². The number of hydrogen-bond donors (Lipinski definition) is 1. The van der Waals surface area contributed by atoms with Crippen molar-refractivity contribution in [3.05, 3.63) is 0 Å². The van der Waals surface area contributed by atoms with E-state index in [0.29, 0.717) is 6.04 Å². The minimum absolute atomic E-state index is 0.701. The van der Waals surface area contributed by atoms with Crippen LogP contribution in [0.5, 0.6) is 0 Å². The Hall–Kier alpha value is 0.310. The van der Waals surface area contributed by atoms with Gasteiger partial charge in [0.15, 0.2) is 0 Å². The highest BCUT2D eigenvalue weighted by Gasteiger charge is 2.24. The van der Waals surface area contributed by atoms with Crippen LogP contribution in [0.1, 0.15) is 59.8 Å². The second-order valence-corrected chi connectivity index (χ2v) is 6.99. The molecule has 1 nitrogen and oxygen atoms in total. The molecule has 16 heavy (non-hydrogen) atoms. The Morgan fingerprint density at radius 2 is 2.06 bits per heavy atom. The first-order chi connectivity index (χ1) is 7.67. The average molecular weight is 243 g/mol. The van der Waals surface area contributed by atoms with Crippen molar-refractivity contribution < 1.29 is 0 Å². The van der Waals surface area contributed by atoms with Gasteiger partial charge in [-0.05, 0) is 31.7 Å². The van der Waals surface area contributed by atoms with Gasteiger partial charge in [0.25, 0.3) is 0 Å². The SMILES string of the molecule is CCNC(CC)C(C)SC1CCCC(C)C1. The highest BCUT2D eigenvalue weighted by Crippen LogP contribution is 2.35. The minimum Gasteiger partial charge on any atom is -0.313 e. The molecule has 4 atom stereocenters. The van der Waals surface area contributed by atoms with Gasteiger partial charge >= 0.3 is 0 Å². The molecule has 0 saturated heterocycles. The molecule has 1 N–H and O–H groups in total. The molecule has 0 aromatic rings. The third-order valence-corrected chi connectivity index (χ3v) is 5.34. The zero-order valence-corrected chi connectivity index (χ0v) is 12.3. The Bertz CT molecular complexity index is 184. The second-order valence-electron chi connectivity index (χ2n) is 5.31. The second kappa shape index (κ2) is 7.60. The van der Waals surface area contributed by atoms with E-state index in [0.717, 1.165) is 23.0 Å². The third kappa shape index (κ3) is 4.67. The van der Waals surface area contributed by atoms with Gasteiger partial charge in [-0.25, -0.2) is 0 Å². The smallest absolute Gasteiger partial charge is 0.0181 e. The van der Waals surface area contributed by atoms with Crippen LogP contribution in [0.25, 0.3) is 0 Å². The summed E-state index contributed by atoms with van der Waals surface area (Å²) in [7, 11) is 0. The number of hydrogen-bond acceptors (Lipinski definition) is 2. The first-order valence-electron chi connectivity index (χ1n) is 7.06. The van der Waals surface area contributed by atoms with Crippen LogP contribution in [-0.2, 0) is 0 Å². The van der Waals surface area contributed by atoms with E-state index >= 15 is 0 Å². The minimum atomic E-state index is 0.701. The van der Waals surface area contributed by atoms with Crippen molar-refractivity contribution in [1.82, 2.24) is 5.32 Å². The van der Waals surface area contributed by atoms with Crippen LogP contribution in [0.15, 0.2) is 0 Å². The lowest BCUT2D eigenvalue weighted by Gasteiger charge is -2.31. The topological polar surface area (TPSA) is 12.0 Å². The van der Waals surface area contributed by atoms with Crippen LogP contribution in [-0.4, -0.2) is 23.1 Å². The summed E-state index contributed by atoms with van der Waals surface area (Å²) in [5, 5.41) is 5.30. The van der Waals surface area contributed by atoms with Crippen molar-refractivity contribution in [1.29, 1.82) is 0 Å². The van der Waals surface area contributed by atoms with Crippen molar-refractivity contribution in [3.8, 4) is 0 Å². The number of thioether (sulfide) groups is 1. The summed E-state index contributed by atoms with van der Waals surface area (Å²) in [4.78, 5) is 0. The quantitative estimate of drug-likeness (QED) is 0.754. The Balaban J connectivity index is 2.33. The van der Waals surface area contributed by atoms with Crippen molar-refractivity contribution in [3.63, 3.8) is 0 Å². The van der Waals surface area contributed by atoms with Crippen molar-refractivity contribution in [2.75, 3.05) is 6.54 Å². The van der Waals surface area contributed by atoms with Crippen molar-refractivity contribution in [2.45, 2.75) is 76.3 Å². The Morgan fingerprint density at radius 3 is 2.62 bits per heavy atom. The molecule has 1 fully saturated rings. The fourth-order valence-corrected chi connectivity index (χ4v) is 4.63. The highest BCUT2D eigenvalue weighted by molar-refractivity contribution is 8.00. The molecule has 1 rings (SSSR count). The lowest BCUT2D eigenvalue weighted by molar-refractivity contribution is 0.392. The third-order valence-electron chi connectivity index (χ3n) is 3.77. The maximum Gasteiger partial charge on any atom is 0.0181 e. The van der Waals surface area contributed by atoms with Crippen LogP contribution in [0, 0.1) is 5.92 Å². The molecule has 2 heteroatoms. The summed E-state index contributed by atoms with van der Waals surface area (Å²) < 4.78 is 0. The first kappa shape index (κ1) is 14.4. The molecule has 0 bridgehead atoms. The summed E-state index contributed by atoms with van der Waals surface area (Å²) in [6.45, 7) is 10.4. The molecule has 0 aliphatic heterocycles. The molecule has 0 aromatic carbocycles. The molecule has 96 valence electrons. The molecule has 0 aromatic heterocycles. The monoisotopic (exact) mass is 243 g/mol. The van der Waals surface area contributed by atoms with Gasteiger partial charge in [-0.2, -0.15) is 11.8 Å². The molecule has 1 aliphatic rings.